The van der Waals surface area contributed by atoms with Crippen molar-refractivity contribution in [2.75, 3.05) is 13.0 Å². The van der Waals surface area contributed by atoms with Crippen molar-refractivity contribution in [3.8, 4) is 0 Å². The van der Waals surface area contributed by atoms with Gasteiger partial charge in [0, 0.05) is 17.8 Å². The van der Waals surface area contributed by atoms with Crippen molar-refractivity contribution in [2.24, 2.45) is 0 Å². The average molecular weight is 274 g/mol. The fourth-order valence-electron chi connectivity index (χ4n) is 1.56. The number of hydrogen-bond donors (Lipinski definition) is 1. The Morgan fingerprint density at radius 1 is 1.44 bits per heavy atom. The van der Waals surface area contributed by atoms with Crippen LogP contribution in [0.5, 0.6) is 0 Å². The fraction of sp³-hybridized carbons (Fsp3) is 0.545. The summed E-state index contributed by atoms with van der Waals surface area (Å²) in [5, 5.41) is 6.90. The second-order valence-electron chi connectivity index (χ2n) is 3.79. The summed E-state index contributed by atoms with van der Waals surface area (Å²) in [4.78, 5) is 22.3. The molecule has 18 heavy (non-hydrogen) atoms. The summed E-state index contributed by atoms with van der Waals surface area (Å²) in [6.07, 6.45) is 0. The van der Waals surface area contributed by atoms with Crippen LogP contribution in [-0.2, 0) is 27.4 Å². The predicted octanol–water partition coefficient (Wildman–Crippen LogP) is 0.528. The number of esters is 1. The molecule has 1 aromatic rings. The minimum Gasteiger partial charge on any atom is -0.468 e. The third kappa shape index (κ3) is 3.46. The van der Waals surface area contributed by atoms with E-state index in [1.54, 1.807) is 4.68 Å². The van der Waals surface area contributed by atoms with Gasteiger partial charge < -0.3 is 10.1 Å². The normalized spacial score (nSPS) is 10.2. The Labute approximate surface area is 110 Å². The molecule has 0 aliphatic heterocycles. The summed E-state index contributed by atoms with van der Waals surface area (Å²) < 4.78 is 6.15. The first-order valence-electron chi connectivity index (χ1n) is 5.42. The molecule has 0 aliphatic rings. The van der Waals surface area contributed by atoms with Crippen LogP contribution in [0.4, 0.5) is 0 Å². The topological polar surface area (TPSA) is 73.2 Å². The average Bonchev–Trinajstić information content (AvgIpc) is 2.61. The number of rotatable bonds is 5. The van der Waals surface area contributed by atoms with Crippen LogP contribution in [-0.4, -0.2) is 34.6 Å². The molecule has 1 heterocycles. The van der Waals surface area contributed by atoms with Gasteiger partial charge >= 0.3 is 5.97 Å². The van der Waals surface area contributed by atoms with Gasteiger partial charge in [0.2, 0.25) is 5.91 Å². The molecule has 0 radical (unpaired) electrons. The second-order valence-corrected chi connectivity index (χ2v) is 4.06. The van der Waals surface area contributed by atoms with E-state index in [-0.39, 0.29) is 24.3 Å². The first-order chi connectivity index (χ1) is 8.49. The molecular formula is C11H16ClN3O3. The molecule has 0 spiro atoms. The maximum Gasteiger partial charge on any atom is 0.327 e. The van der Waals surface area contributed by atoms with Crippen LogP contribution in [0.2, 0.25) is 0 Å². The number of carbonyl (C=O) groups excluding carboxylic acids is 2. The Morgan fingerprint density at radius 3 is 2.67 bits per heavy atom. The zero-order chi connectivity index (χ0) is 13.7. The van der Waals surface area contributed by atoms with E-state index in [9.17, 15) is 9.59 Å². The molecule has 0 saturated heterocycles. The monoisotopic (exact) mass is 273 g/mol. The van der Waals surface area contributed by atoms with Crippen molar-refractivity contribution < 1.29 is 14.3 Å². The van der Waals surface area contributed by atoms with E-state index in [1.807, 2.05) is 13.8 Å². The molecular weight excluding hydrogens is 258 g/mol. The van der Waals surface area contributed by atoms with Gasteiger partial charge in [-0.1, -0.05) is 0 Å². The molecule has 1 rings (SSSR count). The predicted molar refractivity (Wildman–Crippen MR) is 66.3 cm³/mol. The molecule has 6 nitrogen and oxygen atoms in total. The minimum absolute atomic E-state index is 0.0621. The molecule has 0 bridgehead atoms. The van der Waals surface area contributed by atoms with Gasteiger partial charge in [-0.05, 0) is 13.8 Å². The zero-order valence-electron chi connectivity index (χ0n) is 10.6. The Balaban J connectivity index is 2.80. The molecule has 0 unspecified atom stereocenters. The maximum absolute atomic E-state index is 11.2. The molecule has 100 valence electrons. The molecule has 7 heteroatoms. The summed E-state index contributed by atoms with van der Waals surface area (Å²) in [5.74, 6) is -0.679. The van der Waals surface area contributed by atoms with E-state index in [0.717, 1.165) is 17.0 Å². The van der Waals surface area contributed by atoms with Gasteiger partial charge in [0.1, 0.15) is 12.4 Å². The number of alkyl halides is 1. The first kappa shape index (κ1) is 14.5. The van der Waals surface area contributed by atoms with E-state index in [0.29, 0.717) is 6.54 Å². The van der Waals surface area contributed by atoms with Gasteiger partial charge in [-0.3, -0.25) is 14.3 Å². The Morgan fingerprint density at radius 2 is 2.11 bits per heavy atom. The van der Waals surface area contributed by atoms with E-state index in [2.05, 4.69) is 15.2 Å². The van der Waals surface area contributed by atoms with Gasteiger partial charge in [0.05, 0.1) is 12.8 Å². The lowest BCUT2D eigenvalue weighted by atomic mass is 10.2. The molecule has 1 N–H and O–H groups in total. The SMILES string of the molecule is COC(=O)Cn1nc(C)c(CNC(=O)CCl)c1C. The Kier molecular flexibility index (Phi) is 5.15. The van der Waals surface area contributed by atoms with Crippen LogP contribution in [0.1, 0.15) is 17.0 Å². The van der Waals surface area contributed by atoms with Crippen molar-refractivity contribution in [3.05, 3.63) is 17.0 Å². The summed E-state index contributed by atoms with van der Waals surface area (Å²) >= 11 is 5.40. The largest absolute Gasteiger partial charge is 0.468 e. The highest BCUT2D eigenvalue weighted by atomic mass is 35.5. The van der Waals surface area contributed by atoms with Gasteiger partial charge in [-0.25, -0.2) is 0 Å². The summed E-state index contributed by atoms with van der Waals surface area (Å²) in [7, 11) is 1.33. The Bertz CT molecular complexity index is 457. The summed E-state index contributed by atoms with van der Waals surface area (Å²) in [6, 6.07) is 0. The zero-order valence-corrected chi connectivity index (χ0v) is 11.4. The van der Waals surface area contributed by atoms with Crippen molar-refractivity contribution in [1.29, 1.82) is 0 Å². The van der Waals surface area contributed by atoms with E-state index >= 15 is 0 Å². The van der Waals surface area contributed by atoms with Gasteiger partial charge in [-0.2, -0.15) is 5.10 Å². The second kappa shape index (κ2) is 6.39. The summed E-state index contributed by atoms with van der Waals surface area (Å²) in [5.41, 5.74) is 2.48. The van der Waals surface area contributed by atoms with Gasteiger partial charge in [-0.15, -0.1) is 11.6 Å². The van der Waals surface area contributed by atoms with Crippen LogP contribution in [0, 0.1) is 13.8 Å². The number of amides is 1. The van der Waals surface area contributed by atoms with Crippen LogP contribution in [0.3, 0.4) is 0 Å². The lowest BCUT2D eigenvalue weighted by molar-refractivity contribution is -0.141. The lowest BCUT2D eigenvalue weighted by Crippen LogP contribution is -2.24. The maximum atomic E-state index is 11.2. The highest BCUT2D eigenvalue weighted by Crippen LogP contribution is 2.12. The fourth-order valence-corrected chi connectivity index (χ4v) is 1.66. The van der Waals surface area contributed by atoms with Gasteiger partial charge in [0.25, 0.3) is 0 Å². The first-order valence-corrected chi connectivity index (χ1v) is 5.95. The molecule has 0 saturated carbocycles. The number of nitrogens with zero attached hydrogens (tertiary/aromatic N) is 2. The molecule has 0 atom stereocenters. The van der Waals surface area contributed by atoms with E-state index in [1.165, 1.54) is 7.11 Å². The summed E-state index contributed by atoms with van der Waals surface area (Å²) in [6.45, 7) is 4.07. The quantitative estimate of drug-likeness (QED) is 0.627. The van der Waals surface area contributed by atoms with Crippen LogP contribution < -0.4 is 5.32 Å². The third-order valence-corrected chi connectivity index (χ3v) is 2.86. The number of hydrogen-bond acceptors (Lipinski definition) is 4. The van der Waals surface area contributed by atoms with Crippen molar-refractivity contribution >= 4 is 23.5 Å². The lowest BCUT2D eigenvalue weighted by Gasteiger charge is -2.05. The Hall–Kier alpha value is -1.56. The minimum atomic E-state index is -0.364. The number of methoxy groups -OCH3 is 1. The van der Waals surface area contributed by atoms with Crippen LogP contribution in [0.15, 0.2) is 0 Å². The number of halogens is 1. The molecule has 0 aromatic carbocycles. The number of nitrogens with one attached hydrogen (secondary N) is 1. The van der Waals surface area contributed by atoms with Crippen molar-refractivity contribution in [2.45, 2.75) is 26.9 Å². The van der Waals surface area contributed by atoms with Crippen LogP contribution >= 0.6 is 11.6 Å². The van der Waals surface area contributed by atoms with E-state index in [4.69, 9.17) is 11.6 Å². The van der Waals surface area contributed by atoms with Crippen molar-refractivity contribution in [3.63, 3.8) is 0 Å². The molecule has 0 fully saturated rings. The van der Waals surface area contributed by atoms with E-state index < -0.39 is 0 Å². The number of aryl methyl sites for hydroxylation is 1. The highest BCUT2D eigenvalue weighted by Gasteiger charge is 2.14. The van der Waals surface area contributed by atoms with Crippen molar-refractivity contribution in [1.82, 2.24) is 15.1 Å². The van der Waals surface area contributed by atoms with Gasteiger partial charge in [0.15, 0.2) is 0 Å². The molecule has 1 amide bonds. The number of carbonyl (C=O) groups is 2. The van der Waals surface area contributed by atoms with Crippen LogP contribution in [0.25, 0.3) is 0 Å². The smallest absolute Gasteiger partial charge is 0.327 e. The third-order valence-electron chi connectivity index (χ3n) is 2.62. The highest BCUT2D eigenvalue weighted by molar-refractivity contribution is 6.27. The number of aromatic nitrogens is 2. The molecule has 0 aliphatic carbocycles. The standard InChI is InChI=1S/C11H16ClN3O3/c1-7-9(5-13-10(16)4-12)8(2)15(14-7)6-11(17)18-3/h4-6H2,1-3H3,(H,13,16). The molecule has 1 aromatic heterocycles. The number of ether oxygens (including phenoxy) is 1.